The highest BCUT2D eigenvalue weighted by atomic mass is 35.5. The van der Waals surface area contributed by atoms with Gasteiger partial charge in [0.1, 0.15) is 11.6 Å². The van der Waals surface area contributed by atoms with Crippen molar-refractivity contribution in [3.63, 3.8) is 0 Å². The number of esters is 1. The fraction of sp³-hybridized carbons (Fsp3) is 0.276. The summed E-state index contributed by atoms with van der Waals surface area (Å²) in [5.74, 6) is -0.978. The number of nitrogens with one attached hydrogen (secondary N) is 1. The van der Waals surface area contributed by atoms with Gasteiger partial charge < -0.3 is 19.7 Å². The minimum atomic E-state index is -0.531. The number of fused-ring (bicyclic) bond motifs is 1. The molecule has 0 bridgehead atoms. The topological polar surface area (TPSA) is 84.9 Å². The summed E-state index contributed by atoms with van der Waals surface area (Å²) >= 11 is 5.95. The van der Waals surface area contributed by atoms with Crippen LogP contribution in [0, 0.1) is 5.82 Å². The third-order valence-electron chi connectivity index (χ3n) is 6.44. The largest absolute Gasteiger partial charge is 0.482 e. The molecule has 2 amide bonds. The van der Waals surface area contributed by atoms with Crippen LogP contribution in [0.2, 0.25) is 5.02 Å². The van der Waals surface area contributed by atoms with Gasteiger partial charge in [0.2, 0.25) is 5.91 Å². The van der Waals surface area contributed by atoms with Gasteiger partial charge in [-0.05, 0) is 79.9 Å². The van der Waals surface area contributed by atoms with E-state index in [0.717, 1.165) is 5.56 Å². The highest BCUT2D eigenvalue weighted by molar-refractivity contribution is 6.30. The average molecular weight is 539 g/mol. The van der Waals surface area contributed by atoms with Crippen molar-refractivity contribution in [1.29, 1.82) is 0 Å². The Balaban J connectivity index is 1.58. The Bertz CT molecular complexity index is 1310. The molecule has 0 radical (unpaired) electrons. The number of amides is 2. The van der Waals surface area contributed by atoms with Gasteiger partial charge in [-0.25, -0.2) is 9.18 Å². The minimum absolute atomic E-state index is 0.137. The summed E-state index contributed by atoms with van der Waals surface area (Å²) in [6, 6.07) is 17.2. The molecule has 9 heteroatoms. The van der Waals surface area contributed by atoms with Gasteiger partial charge in [-0.2, -0.15) is 0 Å². The summed E-state index contributed by atoms with van der Waals surface area (Å²) in [7, 11) is 1.27. The first kappa shape index (κ1) is 27.1. The number of rotatable bonds is 8. The molecule has 3 aromatic carbocycles. The van der Waals surface area contributed by atoms with Crippen molar-refractivity contribution >= 4 is 35.1 Å². The predicted molar refractivity (Wildman–Crippen MR) is 142 cm³/mol. The summed E-state index contributed by atoms with van der Waals surface area (Å²) in [6.45, 7) is 1.63. The minimum Gasteiger partial charge on any atom is -0.482 e. The molecule has 198 valence electrons. The van der Waals surface area contributed by atoms with E-state index in [1.54, 1.807) is 35.2 Å². The normalized spacial score (nSPS) is 16.4. The second kappa shape index (κ2) is 12.1. The van der Waals surface area contributed by atoms with E-state index in [1.807, 2.05) is 19.1 Å². The van der Waals surface area contributed by atoms with Gasteiger partial charge in [-0.3, -0.25) is 9.59 Å². The molecule has 0 saturated heterocycles. The van der Waals surface area contributed by atoms with Crippen LogP contribution in [0.5, 0.6) is 5.75 Å². The Hall–Kier alpha value is -3.91. The van der Waals surface area contributed by atoms with Gasteiger partial charge in [0.25, 0.3) is 5.91 Å². The quantitative estimate of drug-likeness (QED) is 0.395. The third kappa shape index (κ3) is 6.50. The Kier molecular flexibility index (Phi) is 8.63. The molecule has 1 N–H and O–H groups in total. The van der Waals surface area contributed by atoms with Gasteiger partial charge in [0.05, 0.1) is 13.2 Å². The summed E-state index contributed by atoms with van der Waals surface area (Å²) in [6.07, 6.45) is 1.28. The van der Waals surface area contributed by atoms with Gasteiger partial charge >= 0.3 is 5.97 Å². The monoisotopic (exact) mass is 538 g/mol. The number of carbonyl (C=O) groups is 3. The number of methoxy groups -OCH3 is 1. The second-order valence-electron chi connectivity index (χ2n) is 9.10. The molecule has 2 atom stereocenters. The van der Waals surface area contributed by atoms with E-state index in [1.165, 1.54) is 31.4 Å². The molecule has 0 spiro atoms. The van der Waals surface area contributed by atoms with Crippen molar-refractivity contribution in [2.75, 3.05) is 18.6 Å². The zero-order chi connectivity index (χ0) is 27.2. The van der Waals surface area contributed by atoms with Crippen LogP contribution in [-0.4, -0.2) is 37.5 Å². The molecule has 4 rings (SSSR count). The third-order valence-corrected chi connectivity index (χ3v) is 6.69. The maximum atomic E-state index is 13.5. The van der Waals surface area contributed by atoms with Crippen LogP contribution in [-0.2, 0) is 20.7 Å². The van der Waals surface area contributed by atoms with E-state index in [9.17, 15) is 18.8 Å². The lowest BCUT2D eigenvalue weighted by Gasteiger charge is -2.40. The molecule has 3 aromatic rings. The van der Waals surface area contributed by atoms with Crippen LogP contribution in [0.3, 0.4) is 0 Å². The number of hydrogen-bond acceptors (Lipinski definition) is 5. The molecule has 7 nitrogen and oxygen atoms in total. The molecular weight excluding hydrogens is 511 g/mol. The first-order chi connectivity index (χ1) is 18.2. The molecule has 0 aliphatic carbocycles. The second-order valence-corrected chi connectivity index (χ2v) is 9.54. The Morgan fingerprint density at radius 1 is 1.05 bits per heavy atom. The van der Waals surface area contributed by atoms with Gasteiger partial charge in [-0.1, -0.05) is 23.7 Å². The van der Waals surface area contributed by atoms with E-state index in [-0.39, 0.29) is 30.9 Å². The standard InChI is InChI=1S/C29H28ClFN2O5/c1-18-15-25(32-27(34)14-5-19-3-8-21(30)9-4-19)24-16-23(38-17-28(35)37-2)12-13-26(24)33(18)29(36)20-6-10-22(31)11-7-20/h3-4,6-13,16,18,25H,5,14-15,17H2,1-2H3,(H,32,34)/t18-,25+/m0/s1. The van der Waals surface area contributed by atoms with E-state index in [2.05, 4.69) is 10.1 Å². The summed E-state index contributed by atoms with van der Waals surface area (Å²) in [4.78, 5) is 39.6. The predicted octanol–water partition coefficient (Wildman–Crippen LogP) is 5.26. The summed E-state index contributed by atoms with van der Waals surface area (Å²) in [5, 5.41) is 3.73. The van der Waals surface area contributed by atoms with Crippen LogP contribution in [0.4, 0.5) is 10.1 Å². The van der Waals surface area contributed by atoms with Crippen molar-refractivity contribution in [3.8, 4) is 5.75 Å². The molecule has 0 saturated carbocycles. The van der Waals surface area contributed by atoms with E-state index in [0.29, 0.717) is 40.4 Å². The number of carbonyl (C=O) groups excluding carboxylic acids is 3. The molecular formula is C29H28ClFN2O5. The number of benzene rings is 3. The van der Waals surface area contributed by atoms with E-state index in [4.69, 9.17) is 16.3 Å². The van der Waals surface area contributed by atoms with Crippen molar-refractivity contribution < 1.29 is 28.2 Å². The Labute approximate surface area is 225 Å². The Morgan fingerprint density at radius 2 is 1.76 bits per heavy atom. The Morgan fingerprint density at radius 3 is 2.45 bits per heavy atom. The van der Waals surface area contributed by atoms with E-state index >= 15 is 0 Å². The maximum absolute atomic E-state index is 13.5. The number of aryl methyl sites for hydroxylation is 1. The van der Waals surface area contributed by atoms with E-state index < -0.39 is 17.8 Å². The van der Waals surface area contributed by atoms with Crippen molar-refractivity contribution in [2.45, 2.75) is 38.3 Å². The molecule has 38 heavy (non-hydrogen) atoms. The SMILES string of the molecule is COC(=O)COc1ccc2c(c1)[C@H](NC(=O)CCc1ccc(Cl)cc1)C[C@H](C)N2C(=O)c1ccc(F)cc1. The van der Waals surface area contributed by atoms with Gasteiger partial charge in [-0.15, -0.1) is 0 Å². The molecule has 0 aromatic heterocycles. The molecule has 1 aliphatic rings. The lowest BCUT2D eigenvalue weighted by Crippen LogP contribution is -2.46. The lowest BCUT2D eigenvalue weighted by molar-refractivity contribution is -0.142. The first-order valence-corrected chi connectivity index (χ1v) is 12.6. The number of ether oxygens (including phenoxy) is 2. The highest BCUT2D eigenvalue weighted by Gasteiger charge is 2.35. The molecule has 1 heterocycles. The van der Waals surface area contributed by atoms with Crippen LogP contribution in [0.15, 0.2) is 66.7 Å². The fourth-order valence-corrected chi connectivity index (χ4v) is 4.61. The maximum Gasteiger partial charge on any atom is 0.343 e. The lowest BCUT2D eigenvalue weighted by atomic mass is 9.90. The molecule has 0 fully saturated rings. The number of nitrogens with zero attached hydrogens (tertiary/aromatic N) is 1. The number of halogens is 2. The molecule has 0 unspecified atom stereocenters. The first-order valence-electron chi connectivity index (χ1n) is 12.2. The zero-order valence-corrected chi connectivity index (χ0v) is 21.8. The summed E-state index contributed by atoms with van der Waals surface area (Å²) in [5.41, 5.74) is 2.63. The van der Waals surface area contributed by atoms with Crippen LogP contribution >= 0.6 is 11.6 Å². The number of hydrogen-bond donors (Lipinski definition) is 1. The average Bonchev–Trinajstić information content (AvgIpc) is 2.91. The van der Waals surface area contributed by atoms with Crippen molar-refractivity contribution in [3.05, 3.63) is 94.3 Å². The van der Waals surface area contributed by atoms with Gasteiger partial charge in [0.15, 0.2) is 6.61 Å². The van der Waals surface area contributed by atoms with Crippen molar-refractivity contribution in [1.82, 2.24) is 5.32 Å². The van der Waals surface area contributed by atoms with Crippen LogP contribution in [0.25, 0.3) is 0 Å². The smallest absolute Gasteiger partial charge is 0.343 e. The van der Waals surface area contributed by atoms with Gasteiger partial charge in [0, 0.05) is 34.3 Å². The van der Waals surface area contributed by atoms with Crippen LogP contribution < -0.4 is 15.0 Å². The highest BCUT2D eigenvalue weighted by Crippen LogP contribution is 2.40. The summed E-state index contributed by atoms with van der Waals surface area (Å²) < 4.78 is 23.7. The fourth-order valence-electron chi connectivity index (χ4n) is 4.49. The zero-order valence-electron chi connectivity index (χ0n) is 21.1. The van der Waals surface area contributed by atoms with Crippen LogP contribution in [0.1, 0.15) is 47.3 Å². The number of anilines is 1. The van der Waals surface area contributed by atoms with Crippen molar-refractivity contribution in [2.24, 2.45) is 0 Å². The molecule has 1 aliphatic heterocycles.